The Hall–Kier alpha value is -2.23. The zero-order valence-corrected chi connectivity index (χ0v) is 22.2. The normalized spacial score (nSPS) is 22.7. The van der Waals surface area contributed by atoms with E-state index in [0.29, 0.717) is 38.4 Å². The number of hydrogen-bond donors (Lipinski definition) is 1. The Morgan fingerprint density at radius 2 is 1.59 bits per heavy atom. The summed E-state index contributed by atoms with van der Waals surface area (Å²) in [6, 6.07) is 9.32. The lowest BCUT2D eigenvalue weighted by Crippen LogP contribution is -2.53. The number of aliphatic hydroxyl groups is 1. The largest absolute Gasteiger partial charge is 0.493 e. The number of halogens is 5. The molecule has 39 heavy (non-hydrogen) atoms. The molecule has 2 saturated heterocycles. The predicted octanol–water partition coefficient (Wildman–Crippen LogP) is 6.41. The van der Waals surface area contributed by atoms with Gasteiger partial charge in [0.05, 0.1) is 18.6 Å². The van der Waals surface area contributed by atoms with E-state index in [-0.39, 0.29) is 49.1 Å². The van der Waals surface area contributed by atoms with Crippen molar-refractivity contribution < 1.29 is 31.8 Å². The Bertz CT molecular complexity index is 1130. The summed E-state index contributed by atoms with van der Waals surface area (Å²) in [7, 11) is 0. The van der Waals surface area contributed by atoms with Crippen molar-refractivity contribution >= 4 is 0 Å². The van der Waals surface area contributed by atoms with E-state index in [4.69, 9.17) is 4.74 Å². The van der Waals surface area contributed by atoms with E-state index in [2.05, 4.69) is 4.90 Å². The van der Waals surface area contributed by atoms with Gasteiger partial charge < -0.3 is 14.7 Å². The molecule has 0 radical (unpaired) electrons. The summed E-state index contributed by atoms with van der Waals surface area (Å²) in [6.07, 6.45) is 0.347. The van der Waals surface area contributed by atoms with Gasteiger partial charge in [0.1, 0.15) is 17.4 Å². The molecule has 4 nitrogen and oxygen atoms in total. The molecular formula is C30H37F5N2O2. The monoisotopic (exact) mass is 552 g/mol. The van der Waals surface area contributed by atoms with E-state index in [1.54, 1.807) is 18.2 Å². The molecule has 214 valence electrons. The summed E-state index contributed by atoms with van der Waals surface area (Å²) in [5.41, 5.74) is -0.418. The minimum absolute atomic E-state index is 0.0791. The molecule has 2 aromatic rings. The molecule has 9 heteroatoms. The third-order valence-corrected chi connectivity index (χ3v) is 8.99. The van der Waals surface area contributed by atoms with Crippen molar-refractivity contribution in [1.82, 2.24) is 9.80 Å². The van der Waals surface area contributed by atoms with E-state index >= 15 is 0 Å². The summed E-state index contributed by atoms with van der Waals surface area (Å²) in [5.74, 6) is -0.531. The molecule has 1 aliphatic carbocycles. The molecule has 2 aromatic carbocycles. The second kappa shape index (κ2) is 11.7. The van der Waals surface area contributed by atoms with Gasteiger partial charge in [-0.2, -0.15) is 13.2 Å². The van der Waals surface area contributed by atoms with Gasteiger partial charge in [0.2, 0.25) is 0 Å². The Labute approximate surface area is 226 Å². The number of likely N-dealkylation sites (tertiary alicyclic amines) is 2. The topological polar surface area (TPSA) is 35.9 Å². The average Bonchev–Trinajstić information content (AvgIpc) is 3.32. The molecule has 2 aliphatic heterocycles. The minimum Gasteiger partial charge on any atom is -0.493 e. The maximum Gasteiger partial charge on any atom is 0.395 e. The van der Waals surface area contributed by atoms with Crippen LogP contribution in [0.15, 0.2) is 36.4 Å². The van der Waals surface area contributed by atoms with Crippen molar-refractivity contribution in [2.45, 2.75) is 63.7 Å². The van der Waals surface area contributed by atoms with Crippen molar-refractivity contribution in [3.63, 3.8) is 0 Å². The zero-order chi connectivity index (χ0) is 27.6. The third kappa shape index (κ3) is 6.25. The molecule has 1 saturated carbocycles. The second-order valence-corrected chi connectivity index (χ2v) is 11.6. The minimum atomic E-state index is -4.15. The number of benzene rings is 2. The van der Waals surface area contributed by atoms with Crippen molar-refractivity contribution in [3.8, 4) is 16.9 Å². The Balaban J connectivity index is 1.13. The Kier molecular flexibility index (Phi) is 8.50. The second-order valence-electron chi connectivity index (χ2n) is 11.6. The molecule has 5 rings (SSSR count). The fraction of sp³-hybridized carbons (Fsp3) is 0.600. The first-order chi connectivity index (χ1) is 18.7. The number of hydrogen-bond acceptors (Lipinski definition) is 4. The molecule has 1 unspecified atom stereocenters. The van der Waals surface area contributed by atoms with Crippen LogP contribution < -0.4 is 4.74 Å². The summed E-state index contributed by atoms with van der Waals surface area (Å²) < 4.78 is 76.2. The van der Waals surface area contributed by atoms with E-state index in [0.717, 1.165) is 37.8 Å². The SMILES string of the molecule is OCC1CCCN1Cc1ccc(-c2ccc(OCC3CCN(CC4(C(F)(F)F)CCC4)CC3)cc2F)c(F)c1. The van der Waals surface area contributed by atoms with E-state index in [1.807, 2.05) is 4.90 Å². The van der Waals surface area contributed by atoms with Crippen LogP contribution in [0.2, 0.25) is 0 Å². The van der Waals surface area contributed by atoms with Crippen LogP contribution in [-0.2, 0) is 6.54 Å². The van der Waals surface area contributed by atoms with E-state index < -0.39 is 23.2 Å². The molecular weight excluding hydrogens is 515 g/mol. The summed E-state index contributed by atoms with van der Waals surface area (Å²) in [4.78, 5) is 4.06. The van der Waals surface area contributed by atoms with Crippen LogP contribution in [-0.4, -0.2) is 66.5 Å². The standard InChI is InChI=1S/C30H37F5N2O2/c31-27-15-22(17-37-12-1-3-23(37)18-38)4-6-25(27)26-7-5-24(16-28(26)32)39-19-21-8-13-36(14-9-21)20-29(10-2-11-29)30(33,34)35/h4-7,15-16,21,23,38H,1-3,8-14,17-20H2. The highest BCUT2D eigenvalue weighted by Gasteiger charge is 2.58. The van der Waals surface area contributed by atoms with Crippen LogP contribution in [0.4, 0.5) is 22.0 Å². The number of ether oxygens (including phenoxy) is 1. The van der Waals surface area contributed by atoms with Gasteiger partial charge in [-0.15, -0.1) is 0 Å². The van der Waals surface area contributed by atoms with Crippen LogP contribution in [0.5, 0.6) is 5.75 Å². The van der Waals surface area contributed by atoms with Gasteiger partial charge in [0.15, 0.2) is 0 Å². The van der Waals surface area contributed by atoms with Gasteiger partial charge in [-0.25, -0.2) is 8.78 Å². The van der Waals surface area contributed by atoms with Gasteiger partial charge >= 0.3 is 6.18 Å². The molecule has 0 amide bonds. The lowest BCUT2D eigenvalue weighted by Gasteiger charge is -2.47. The van der Waals surface area contributed by atoms with Crippen LogP contribution in [0, 0.1) is 23.0 Å². The molecule has 3 aliphatic rings. The van der Waals surface area contributed by atoms with Gasteiger partial charge in [-0.3, -0.25) is 4.90 Å². The maximum atomic E-state index is 15.0. The average molecular weight is 553 g/mol. The molecule has 1 atom stereocenters. The van der Waals surface area contributed by atoms with Crippen LogP contribution >= 0.6 is 0 Å². The molecule has 0 bridgehead atoms. The van der Waals surface area contributed by atoms with Gasteiger partial charge in [-0.1, -0.05) is 18.6 Å². The third-order valence-electron chi connectivity index (χ3n) is 8.99. The Morgan fingerprint density at radius 3 is 2.18 bits per heavy atom. The summed E-state index contributed by atoms with van der Waals surface area (Å²) in [6.45, 7) is 3.14. The van der Waals surface area contributed by atoms with Crippen molar-refractivity contribution in [1.29, 1.82) is 0 Å². The predicted molar refractivity (Wildman–Crippen MR) is 139 cm³/mol. The summed E-state index contributed by atoms with van der Waals surface area (Å²) in [5, 5.41) is 9.51. The van der Waals surface area contributed by atoms with Gasteiger partial charge in [-0.05, 0) is 87.8 Å². The fourth-order valence-corrected chi connectivity index (χ4v) is 6.31. The smallest absolute Gasteiger partial charge is 0.395 e. The molecule has 1 N–H and O–H groups in total. The van der Waals surface area contributed by atoms with Gasteiger partial charge in [0.25, 0.3) is 0 Å². The highest BCUT2D eigenvalue weighted by atomic mass is 19.4. The van der Waals surface area contributed by atoms with Crippen LogP contribution in [0.1, 0.15) is 50.5 Å². The van der Waals surface area contributed by atoms with Gasteiger partial charge in [0, 0.05) is 36.3 Å². The zero-order valence-electron chi connectivity index (χ0n) is 22.2. The Morgan fingerprint density at radius 1 is 0.897 bits per heavy atom. The van der Waals surface area contributed by atoms with E-state index in [1.165, 1.54) is 18.2 Å². The quantitative estimate of drug-likeness (QED) is 0.365. The summed E-state index contributed by atoms with van der Waals surface area (Å²) >= 11 is 0. The van der Waals surface area contributed by atoms with Crippen molar-refractivity contribution in [2.75, 3.05) is 39.4 Å². The first kappa shape index (κ1) is 28.3. The molecule has 0 aromatic heterocycles. The molecule has 3 fully saturated rings. The first-order valence-corrected chi connectivity index (χ1v) is 14.0. The first-order valence-electron chi connectivity index (χ1n) is 14.0. The van der Waals surface area contributed by atoms with Crippen LogP contribution in [0.25, 0.3) is 11.1 Å². The van der Waals surface area contributed by atoms with Crippen LogP contribution in [0.3, 0.4) is 0 Å². The van der Waals surface area contributed by atoms with Crippen molar-refractivity contribution in [2.24, 2.45) is 11.3 Å². The van der Waals surface area contributed by atoms with Crippen molar-refractivity contribution in [3.05, 3.63) is 53.6 Å². The highest BCUT2D eigenvalue weighted by molar-refractivity contribution is 5.66. The highest BCUT2D eigenvalue weighted by Crippen LogP contribution is 2.53. The lowest BCUT2D eigenvalue weighted by atomic mass is 9.67. The lowest BCUT2D eigenvalue weighted by molar-refractivity contribution is -0.256. The number of piperidine rings is 1. The number of nitrogens with zero attached hydrogens (tertiary/aromatic N) is 2. The fourth-order valence-electron chi connectivity index (χ4n) is 6.31. The molecule has 0 spiro atoms. The number of rotatable bonds is 9. The molecule has 2 heterocycles. The van der Waals surface area contributed by atoms with E-state index in [9.17, 15) is 27.1 Å². The number of alkyl halides is 3. The number of aliphatic hydroxyl groups excluding tert-OH is 1. The maximum absolute atomic E-state index is 15.0.